The second-order valence-corrected chi connectivity index (χ2v) is 114. The smallest absolute Gasteiger partial charge is 0.150 e. The number of halogens is 8. The molecule has 0 N–H and O–H groups in total. The Morgan fingerprint density at radius 1 is 0.143 bits per heavy atom. The van der Waals surface area contributed by atoms with E-state index in [1.807, 2.05) is 0 Å². The van der Waals surface area contributed by atoms with Crippen LogP contribution in [0.2, 0.25) is 276 Å². The van der Waals surface area contributed by atoms with E-state index in [4.69, 9.17) is 88.6 Å². The molecule has 21 heteroatoms. The third-order valence-electron chi connectivity index (χ3n) is 18.4. The molecule has 0 heterocycles. The molecule has 0 radical (unpaired) electrons. The Bertz CT molecular complexity index is 1250. The summed E-state index contributed by atoms with van der Waals surface area (Å²) in [5, 5.41) is 0. The summed E-state index contributed by atoms with van der Waals surface area (Å²) in [4.78, 5) is 0. The zero-order chi connectivity index (χ0) is 60.0. The second-order valence-electron chi connectivity index (χ2n) is 32.7. The van der Waals surface area contributed by atoms with Gasteiger partial charge in [-0.25, -0.2) is 0 Å². The van der Waals surface area contributed by atoms with Crippen molar-refractivity contribution in [2.24, 2.45) is 0 Å². The highest BCUT2D eigenvalue weighted by molar-refractivity contribution is 7.21. The van der Waals surface area contributed by atoms with E-state index in [2.05, 4.69) is 131 Å². The summed E-state index contributed by atoms with van der Waals surface area (Å²) in [5.41, 5.74) is 0. The second kappa shape index (κ2) is 36.7. The van der Waals surface area contributed by atoms with Crippen molar-refractivity contribution in [2.45, 2.75) is 353 Å². The maximum absolute atomic E-state index is 7.05. The first-order valence-corrected chi connectivity index (χ1v) is 81.1. The molecule has 0 aliphatic heterocycles. The van der Waals surface area contributed by atoms with E-state index in [9.17, 15) is 0 Å². The minimum Gasteiger partial charge on any atom is -0.168 e. The van der Waals surface area contributed by atoms with Crippen LogP contribution in [0.4, 0.5) is 0 Å². The fraction of sp³-hybridized carbons (Fsp3) is 1.00. The molecule has 0 aromatic rings. The van der Waals surface area contributed by atoms with Crippen LogP contribution in [0.1, 0.15) is 77.0 Å². The van der Waals surface area contributed by atoms with Crippen LogP contribution < -0.4 is 0 Å². The van der Waals surface area contributed by atoms with E-state index in [1.165, 1.54) is 198 Å². The van der Waals surface area contributed by atoms with Crippen molar-refractivity contribution >= 4 is 188 Å². The molecule has 0 aromatic heterocycles. The summed E-state index contributed by atoms with van der Waals surface area (Å²) >= 11 is 56.4. The molecule has 0 aromatic carbocycles. The summed E-state index contributed by atoms with van der Waals surface area (Å²) in [7, 11) is -20.6. The highest BCUT2D eigenvalue weighted by Gasteiger charge is 2.39. The molecule has 0 amide bonds. The summed E-state index contributed by atoms with van der Waals surface area (Å²) < 4.78 is 0. The molecule has 0 saturated heterocycles. The molecular weight excluding hydrogens is 1320 g/mol. The molecule has 0 rings (SSSR count). The van der Waals surface area contributed by atoms with Crippen molar-refractivity contribution < 1.29 is 0 Å². The third-order valence-corrected chi connectivity index (χ3v) is 59.6. The zero-order valence-corrected chi connectivity index (χ0v) is 74.0. The van der Waals surface area contributed by atoms with E-state index < -0.39 is 99.4 Å². The van der Waals surface area contributed by atoms with Gasteiger partial charge in [-0.15, -0.1) is 0 Å². The number of hydrogen-bond acceptors (Lipinski definition) is 0. The summed E-state index contributed by atoms with van der Waals surface area (Å²) in [6.07, 6.45) is 16.7. The van der Waals surface area contributed by atoms with E-state index in [0.717, 1.165) is 0 Å². The van der Waals surface area contributed by atoms with Gasteiger partial charge in [0, 0.05) is 0 Å². The Labute approximate surface area is 535 Å². The van der Waals surface area contributed by atoms with Crippen molar-refractivity contribution in [1.82, 2.24) is 0 Å². The lowest BCUT2D eigenvalue weighted by Gasteiger charge is -2.38. The van der Waals surface area contributed by atoms with Gasteiger partial charge in [0.1, 0.15) is 59.1 Å². The van der Waals surface area contributed by atoms with E-state index >= 15 is 0 Å². The summed E-state index contributed by atoms with van der Waals surface area (Å²) in [5.74, 6) is 0. The Balaban J connectivity index is 7.67. The fourth-order valence-corrected chi connectivity index (χ4v) is 49.5. The van der Waals surface area contributed by atoms with Gasteiger partial charge in [-0.3, -0.25) is 0 Å². The van der Waals surface area contributed by atoms with Gasteiger partial charge in [0.25, 0.3) is 0 Å². The number of rotatable bonds is 48. The molecule has 0 fully saturated rings. The van der Waals surface area contributed by atoms with Gasteiger partial charge in [0.2, 0.25) is 0 Å². The monoisotopic (exact) mass is 1450 g/mol. The van der Waals surface area contributed by atoms with Gasteiger partial charge >= 0.3 is 0 Å². The Hall–Kier alpha value is 5.14. The average molecular weight is 1450 g/mol. The molecule has 0 saturated carbocycles. The molecule has 0 spiro atoms. The van der Waals surface area contributed by atoms with Gasteiger partial charge in [-0.1, -0.05) is 305 Å². The maximum Gasteiger partial charge on any atom is 0.150 e. The zero-order valence-electron chi connectivity index (χ0n) is 55.0. The molecule has 0 aliphatic rings. The van der Waals surface area contributed by atoms with E-state index in [1.54, 1.807) is 24.2 Å². The lowest BCUT2D eigenvalue weighted by atomic mass is 10.5. The van der Waals surface area contributed by atoms with Crippen LogP contribution in [0.3, 0.4) is 0 Å². The van der Waals surface area contributed by atoms with Crippen molar-refractivity contribution in [2.75, 3.05) is 0 Å². The van der Waals surface area contributed by atoms with Gasteiger partial charge in [-0.05, 0) is 48.4 Å². The molecule has 0 unspecified atom stereocenters. The average Bonchev–Trinajstić information content (AvgIpc) is 3.17. The van der Waals surface area contributed by atoms with Crippen molar-refractivity contribution in [3.63, 3.8) is 0 Å². The van der Waals surface area contributed by atoms with E-state index in [0.29, 0.717) is 0 Å². The van der Waals surface area contributed by atoms with Crippen LogP contribution in [-0.2, 0) is 0 Å². The lowest BCUT2D eigenvalue weighted by Crippen LogP contribution is -2.39. The standard InChI is InChI=1S/C56H132Cl8Si13/c1-65(2,57)33-21-41-73(17,42-22-34-66(3,4)58)49-29-53-77(54-30-50-74(18,43-23-35-67(5,6)59)44-24-36-68(7,8)60,55-31-51-75(19,45-25-37-69(9,10)61)46-26-38-70(11,12)62)56-32-52-76(20,47-27-39-71(13,14)63)48-28-40-72(15,16)64/h21-56H2,1-20H3. The Kier molecular flexibility index (Phi) is 39.2. The highest BCUT2D eigenvalue weighted by atomic mass is 35.6. The quantitative estimate of drug-likeness (QED) is 0.0421. The minimum absolute atomic E-state index is 1.26. The molecule has 77 heavy (non-hydrogen) atoms. The van der Waals surface area contributed by atoms with Gasteiger partial charge < -0.3 is 0 Å². The minimum atomic E-state index is -1.71. The molecule has 0 nitrogen and oxygen atoms in total. The maximum atomic E-state index is 7.05. The van der Waals surface area contributed by atoms with Gasteiger partial charge in [-0.2, -0.15) is 88.6 Å². The van der Waals surface area contributed by atoms with Crippen molar-refractivity contribution in [3.8, 4) is 0 Å². The SMILES string of the molecule is C[Si](C)(Cl)CCC[Si](C)(CCC[Si](C)(C)Cl)CCC[Si](CCC[Si](C)(CCC[Si](C)(C)Cl)CCC[Si](C)(C)Cl)(CCC[Si](C)(CCC[Si](C)(C)Cl)CCC[Si](C)(C)Cl)CCC[Si](C)(CCC[Si](C)(C)Cl)CCC[Si](C)(C)Cl. The number of hydrogen-bond donors (Lipinski definition) is 0. The predicted molar refractivity (Wildman–Crippen MR) is 410 cm³/mol. The highest BCUT2D eigenvalue weighted by Crippen LogP contribution is 2.43. The first kappa shape index (κ1) is 82.1. The molecule has 0 aliphatic carbocycles. The fourth-order valence-electron chi connectivity index (χ4n) is 13.3. The van der Waals surface area contributed by atoms with Crippen molar-refractivity contribution in [1.29, 1.82) is 0 Å². The van der Waals surface area contributed by atoms with Crippen LogP contribution in [0.15, 0.2) is 0 Å². The molecule has 0 atom stereocenters. The van der Waals surface area contributed by atoms with Gasteiger partial charge in [0.15, 0.2) is 0 Å². The molecule has 0 bridgehead atoms. The van der Waals surface area contributed by atoms with Crippen LogP contribution in [-0.4, -0.2) is 99.4 Å². The Morgan fingerprint density at radius 2 is 0.234 bits per heavy atom. The Morgan fingerprint density at radius 3 is 0.325 bits per heavy atom. The van der Waals surface area contributed by atoms with Gasteiger partial charge in [0.05, 0.1) is 40.4 Å². The lowest BCUT2D eigenvalue weighted by molar-refractivity contribution is 0.834. The first-order chi connectivity index (χ1) is 34.5. The van der Waals surface area contributed by atoms with Crippen molar-refractivity contribution in [3.05, 3.63) is 0 Å². The van der Waals surface area contributed by atoms with E-state index in [-0.39, 0.29) is 0 Å². The van der Waals surface area contributed by atoms with Crippen LogP contribution in [0.25, 0.3) is 0 Å². The van der Waals surface area contributed by atoms with Crippen LogP contribution in [0.5, 0.6) is 0 Å². The molecular formula is C56H132Cl8Si13. The summed E-state index contributed by atoms with van der Waals surface area (Å²) in [6, 6.07) is 34.2. The van der Waals surface area contributed by atoms with Crippen LogP contribution >= 0.6 is 88.6 Å². The van der Waals surface area contributed by atoms with Crippen LogP contribution in [0, 0.1) is 0 Å². The normalized spacial score (nSPS) is 14.8. The first-order valence-electron chi connectivity index (χ1n) is 32.0. The predicted octanol–water partition coefficient (Wildman–Crippen LogP) is 28.0. The molecule has 464 valence electrons. The third kappa shape index (κ3) is 49.7. The topological polar surface area (TPSA) is 0 Å². The summed E-state index contributed by atoms with van der Waals surface area (Å²) in [6.45, 7) is 49.2. The largest absolute Gasteiger partial charge is 0.168 e.